The van der Waals surface area contributed by atoms with Gasteiger partial charge in [0.2, 0.25) is 0 Å². The highest BCUT2D eigenvalue weighted by Crippen LogP contribution is 2.51. The summed E-state index contributed by atoms with van der Waals surface area (Å²) in [7, 11) is 0. The van der Waals surface area contributed by atoms with Crippen LogP contribution < -0.4 is 0 Å². The molecule has 3 atom stereocenters. The van der Waals surface area contributed by atoms with Crippen molar-refractivity contribution in [2.75, 3.05) is 13.2 Å². The van der Waals surface area contributed by atoms with Gasteiger partial charge in [-0.2, -0.15) is 0 Å². The highest BCUT2D eigenvalue weighted by molar-refractivity contribution is 6.01. The number of rotatable bonds is 13. The number of hydrogen-bond donors (Lipinski definition) is 1. The lowest BCUT2D eigenvalue weighted by molar-refractivity contribution is -0.147. The van der Waals surface area contributed by atoms with Crippen molar-refractivity contribution in [3.05, 3.63) is 106 Å². The zero-order valence-corrected chi connectivity index (χ0v) is 32.1. The summed E-state index contributed by atoms with van der Waals surface area (Å²) < 4.78 is 10.7. The Bertz CT molecular complexity index is 1690. The van der Waals surface area contributed by atoms with Gasteiger partial charge in [-0.05, 0) is 46.3 Å². The van der Waals surface area contributed by atoms with Crippen molar-refractivity contribution in [2.24, 2.45) is 16.2 Å². The third kappa shape index (κ3) is 13.3. The fourth-order valence-corrected chi connectivity index (χ4v) is 6.36. The summed E-state index contributed by atoms with van der Waals surface area (Å²) in [6.45, 7) is 18.4. The van der Waals surface area contributed by atoms with E-state index in [1.54, 1.807) is 19.9 Å². The first-order valence-electron chi connectivity index (χ1n) is 17.4. The molecule has 0 bridgehead atoms. The number of aliphatic hydroxyl groups excluding tert-OH is 1. The summed E-state index contributed by atoms with van der Waals surface area (Å²) in [5.41, 5.74) is 3.82. The van der Waals surface area contributed by atoms with E-state index in [4.69, 9.17) is 9.47 Å². The van der Waals surface area contributed by atoms with E-state index in [1.165, 1.54) is 19.9 Å². The van der Waals surface area contributed by atoms with Crippen molar-refractivity contribution in [3.63, 3.8) is 0 Å². The van der Waals surface area contributed by atoms with Crippen LogP contribution in [0.5, 0.6) is 0 Å². The Hall–Kier alpha value is -4.54. The van der Waals surface area contributed by atoms with Gasteiger partial charge in [0.05, 0.1) is 0 Å². The van der Waals surface area contributed by atoms with Gasteiger partial charge in [-0.15, -0.1) is 0 Å². The number of hydrogen-bond acceptors (Lipinski definition) is 7. The summed E-state index contributed by atoms with van der Waals surface area (Å²) >= 11 is 0. The Balaban J connectivity index is 2.05. The van der Waals surface area contributed by atoms with Crippen molar-refractivity contribution in [1.29, 1.82) is 0 Å². The normalized spacial score (nSPS) is 24.9. The minimum absolute atomic E-state index is 0.0109. The average Bonchev–Trinajstić information content (AvgIpc) is 3.27. The van der Waals surface area contributed by atoms with E-state index in [-0.39, 0.29) is 61.1 Å². The highest BCUT2D eigenvalue weighted by atomic mass is 16.5. The van der Waals surface area contributed by atoms with E-state index in [0.29, 0.717) is 18.4 Å². The molecular formula is C44H56O7. The highest BCUT2D eigenvalue weighted by Gasteiger charge is 2.55. The Labute approximate surface area is 305 Å². The number of allylic oxidation sites excluding steroid dienone is 16. The summed E-state index contributed by atoms with van der Waals surface area (Å²) in [5, 5.41) is 9.86. The second-order valence-corrected chi connectivity index (χ2v) is 14.9. The van der Waals surface area contributed by atoms with Crippen LogP contribution in [0.3, 0.4) is 0 Å². The van der Waals surface area contributed by atoms with Gasteiger partial charge >= 0.3 is 11.9 Å². The summed E-state index contributed by atoms with van der Waals surface area (Å²) in [6, 6.07) is 0. The van der Waals surface area contributed by atoms with Crippen LogP contribution in [0.1, 0.15) is 94.9 Å². The van der Waals surface area contributed by atoms with Crippen LogP contribution in [-0.4, -0.2) is 47.9 Å². The van der Waals surface area contributed by atoms with Crippen molar-refractivity contribution in [3.8, 4) is 11.8 Å². The molecule has 7 nitrogen and oxygen atoms in total. The second-order valence-electron chi connectivity index (χ2n) is 14.9. The molecule has 0 unspecified atom stereocenters. The number of ketones is 2. The predicted molar refractivity (Wildman–Crippen MR) is 204 cm³/mol. The Morgan fingerprint density at radius 1 is 0.804 bits per heavy atom. The van der Waals surface area contributed by atoms with Gasteiger partial charge in [-0.3, -0.25) is 19.2 Å². The molecule has 274 valence electrons. The van der Waals surface area contributed by atoms with Crippen molar-refractivity contribution >= 4 is 23.5 Å². The van der Waals surface area contributed by atoms with Gasteiger partial charge in [0.25, 0.3) is 0 Å². The SMILES string of the molecule is CC(=O)OC\C(C#CC1=C(C)C[C@@H](OC(C)=O)CC1(C)C)=C/C=C/C(C)=C/C=C/C=C(C)/C=C/C=C(C)/C=C/C(=O)[C@]1(C)CC(=O)C[C@@]1(C)CO. The average molecular weight is 697 g/mol. The molecule has 0 aliphatic heterocycles. The third-order valence-electron chi connectivity index (χ3n) is 9.55. The zero-order chi connectivity index (χ0) is 38.4. The van der Waals surface area contributed by atoms with Crippen LogP contribution in [0.2, 0.25) is 0 Å². The molecule has 2 aliphatic rings. The summed E-state index contributed by atoms with van der Waals surface area (Å²) in [4.78, 5) is 48.1. The number of Topliss-reactive ketones (excluding diaryl/α,β-unsaturated/α-hetero) is 1. The molecule has 0 amide bonds. The Morgan fingerprint density at radius 3 is 1.92 bits per heavy atom. The lowest BCUT2D eigenvalue weighted by Crippen LogP contribution is -2.41. The Kier molecular flexibility index (Phi) is 16.0. The lowest BCUT2D eigenvalue weighted by atomic mass is 9.66. The molecule has 1 N–H and O–H groups in total. The van der Waals surface area contributed by atoms with Crippen molar-refractivity contribution in [2.45, 2.75) is 101 Å². The van der Waals surface area contributed by atoms with Gasteiger partial charge in [0, 0.05) is 67.1 Å². The van der Waals surface area contributed by atoms with Crippen LogP contribution in [-0.2, 0) is 28.7 Å². The summed E-state index contributed by atoms with van der Waals surface area (Å²) in [6.07, 6.45) is 24.2. The molecule has 0 spiro atoms. The van der Waals surface area contributed by atoms with E-state index < -0.39 is 10.8 Å². The van der Waals surface area contributed by atoms with Crippen molar-refractivity contribution < 1.29 is 33.8 Å². The zero-order valence-electron chi connectivity index (χ0n) is 32.1. The molecular weight excluding hydrogens is 640 g/mol. The van der Waals surface area contributed by atoms with Crippen LogP contribution in [0.4, 0.5) is 0 Å². The maximum absolute atomic E-state index is 13.0. The van der Waals surface area contributed by atoms with Crippen LogP contribution in [0.25, 0.3) is 0 Å². The maximum Gasteiger partial charge on any atom is 0.302 e. The Morgan fingerprint density at radius 2 is 1.37 bits per heavy atom. The first-order chi connectivity index (χ1) is 23.8. The van der Waals surface area contributed by atoms with E-state index in [1.807, 2.05) is 88.5 Å². The quantitative estimate of drug-likeness (QED) is 0.0890. The molecule has 0 radical (unpaired) electrons. The molecule has 51 heavy (non-hydrogen) atoms. The molecule has 2 rings (SSSR count). The fourth-order valence-electron chi connectivity index (χ4n) is 6.36. The van der Waals surface area contributed by atoms with E-state index in [2.05, 4.69) is 25.7 Å². The molecule has 1 fully saturated rings. The van der Waals surface area contributed by atoms with Gasteiger partial charge in [-0.1, -0.05) is 123 Å². The van der Waals surface area contributed by atoms with Crippen LogP contribution in [0, 0.1) is 28.1 Å². The first-order valence-corrected chi connectivity index (χ1v) is 17.4. The minimum Gasteiger partial charge on any atom is -0.462 e. The van der Waals surface area contributed by atoms with Crippen LogP contribution >= 0.6 is 0 Å². The maximum atomic E-state index is 13.0. The molecule has 1 saturated carbocycles. The standard InChI is InChI=1S/C44H56O7/c1-31(17-13-18-33(3)21-24-41(49)44(10)27-38(48)26-43(44,9)30-45)15-11-12-16-32(2)19-14-20-37(29-50-35(5)46)22-23-40-34(4)25-39(51-36(6)47)28-42(40,7)8/h11-21,24,39,45H,25-30H2,1-10H3/b12-11+,17-13+,19-14+,24-21+,31-15+,32-16+,33-18+,37-20-/t39-,43+,44+/m1/s1. The fraction of sp³-hybridized carbons (Fsp3) is 0.455. The lowest BCUT2D eigenvalue weighted by Gasteiger charge is -2.36. The number of aliphatic hydroxyl groups is 1. The first kappa shape index (κ1) is 42.6. The molecule has 7 heteroatoms. The number of carbonyl (C=O) groups is 4. The molecule has 0 aromatic heterocycles. The minimum atomic E-state index is -0.899. The summed E-state index contributed by atoms with van der Waals surface area (Å²) in [5.74, 6) is 5.74. The van der Waals surface area contributed by atoms with E-state index >= 15 is 0 Å². The van der Waals surface area contributed by atoms with E-state index in [0.717, 1.165) is 27.9 Å². The third-order valence-corrected chi connectivity index (χ3v) is 9.55. The second kappa shape index (κ2) is 19.2. The molecule has 0 aromatic rings. The van der Waals surface area contributed by atoms with Gasteiger partial charge in [-0.25, -0.2) is 0 Å². The van der Waals surface area contributed by atoms with E-state index in [9.17, 15) is 24.3 Å². The predicted octanol–water partition coefficient (Wildman–Crippen LogP) is 8.55. The van der Waals surface area contributed by atoms with Gasteiger partial charge < -0.3 is 14.6 Å². The largest absolute Gasteiger partial charge is 0.462 e. The molecule has 0 aromatic carbocycles. The number of carbonyl (C=O) groups excluding carboxylic acids is 4. The molecule has 2 aliphatic carbocycles. The van der Waals surface area contributed by atoms with Crippen LogP contribution in [0.15, 0.2) is 106 Å². The number of ether oxygens (including phenoxy) is 2. The molecule has 0 saturated heterocycles. The number of esters is 2. The van der Waals surface area contributed by atoms with Gasteiger partial charge in [0.1, 0.15) is 18.5 Å². The van der Waals surface area contributed by atoms with Crippen molar-refractivity contribution in [1.82, 2.24) is 0 Å². The smallest absolute Gasteiger partial charge is 0.302 e. The molecule has 0 heterocycles. The van der Waals surface area contributed by atoms with Gasteiger partial charge in [0.15, 0.2) is 5.78 Å². The monoisotopic (exact) mass is 696 g/mol. The topological polar surface area (TPSA) is 107 Å².